The van der Waals surface area contributed by atoms with E-state index in [0.29, 0.717) is 44.5 Å². The number of carboxylic acid groups (broad SMARTS) is 1. The normalized spacial score (nSPS) is 17.1. The molecular weight excluding hydrogens is 420 g/mol. The smallest absolute Gasteiger partial charge is 0.411 e. The van der Waals surface area contributed by atoms with Crippen molar-refractivity contribution in [2.24, 2.45) is 0 Å². The number of nitrogens with zero attached hydrogens (tertiary/aromatic N) is 2. The average molecular weight is 438 g/mol. The molecule has 2 heterocycles. The summed E-state index contributed by atoms with van der Waals surface area (Å²) >= 11 is 0. The first-order valence-electron chi connectivity index (χ1n) is 10.1. The van der Waals surface area contributed by atoms with Crippen molar-refractivity contribution in [1.82, 2.24) is 9.97 Å². The van der Waals surface area contributed by atoms with E-state index in [1.165, 1.54) is 4.90 Å². The highest BCUT2D eigenvalue weighted by molar-refractivity contribution is 6.13. The molecule has 0 aliphatic carbocycles. The minimum Gasteiger partial charge on any atom is -0.465 e. The van der Waals surface area contributed by atoms with Gasteiger partial charge in [0.2, 0.25) is 5.95 Å². The van der Waals surface area contributed by atoms with Crippen LogP contribution in [0.2, 0.25) is 0 Å². The number of carbonyl (C=O) groups is 2. The third-order valence-electron chi connectivity index (χ3n) is 5.87. The molecule has 1 aliphatic heterocycles. The minimum atomic E-state index is -1.83. The lowest BCUT2D eigenvalue weighted by Crippen LogP contribution is -2.45. The molecule has 0 bridgehead atoms. The Morgan fingerprint density at radius 1 is 1.18 bits per heavy atom. The first-order valence-corrected chi connectivity index (χ1v) is 10.1. The second-order valence-corrected chi connectivity index (χ2v) is 7.70. The second kappa shape index (κ2) is 7.22. The lowest BCUT2D eigenvalue weighted by molar-refractivity contribution is 0.0703. The molecule has 0 saturated carbocycles. The van der Waals surface area contributed by atoms with Gasteiger partial charge in [-0.1, -0.05) is 36.3 Å². The van der Waals surface area contributed by atoms with Gasteiger partial charge >= 0.3 is 6.09 Å². The number of H-pyrrole nitrogens is 1. The number of amides is 2. The van der Waals surface area contributed by atoms with Crippen LogP contribution in [0.1, 0.15) is 32.6 Å². The summed E-state index contributed by atoms with van der Waals surface area (Å²) in [6.07, 6.45) is 4.39. The quantitative estimate of drug-likeness (QED) is 0.363. The molecule has 4 aromatic rings. The molecule has 0 spiro atoms. The molecule has 0 saturated heterocycles. The van der Waals surface area contributed by atoms with Crippen LogP contribution < -0.4 is 10.2 Å². The van der Waals surface area contributed by atoms with E-state index in [1.54, 1.807) is 60.7 Å². The predicted octanol–water partition coefficient (Wildman–Crippen LogP) is 3.80. The van der Waals surface area contributed by atoms with Gasteiger partial charge in [0.25, 0.3) is 5.91 Å². The molecule has 0 radical (unpaired) electrons. The fraction of sp³-hybridized carbons (Fsp3) is 0.0800. The number of imidazole rings is 1. The topological polar surface area (TPSA) is 119 Å². The van der Waals surface area contributed by atoms with E-state index in [2.05, 4.69) is 21.2 Å². The highest BCUT2D eigenvalue weighted by Crippen LogP contribution is 2.46. The van der Waals surface area contributed by atoms with Crippen LogP contribution in [0.15, 0.2) is 60.7 Å². The van der Waals surface area contributed by atoms with Crippen LogP contribution in [0, 0.1) is 19.3 Å². The molecule has 3 aromatic carbocycles. The SMILES string of the molecule is C#Cc1cccc(N2C(=O)c3ccccc3C2(O)c2ccc3[nH]c(NC(=O)O)nc3c2)c1C. The number of nitrogens with one attached hydrogen (secondary N) is 2. The number of rotatable bonds is 3. The summed E-state index contributed by atoms with van der Waals surface area (Å²) in [5.74, 6) is 2.31. The highest BCUT2D eigenvalue weighted by Gasteiger charge is 2.51. The number of fused-ring (bicyclic) bond motifs is 2. The van der Waals surface area contributed by atoms with Crippen LogP contribution >= 0.6 is 0 Å². The van der Waals surface area contributed by atoms with Crippen LogP contribution in [0.5, 0.6) is 0 Å². The van der Waals surface area contributed by atoms with Crippen molar-refractivity contribution < 1.29 is 19.8 Å². The first kappa shape index (κ1) is 20.3. The van der Waals surface area contributed by atoms with E-state index < -0.39 is 11.8 Å². The van der Waals surface area contributed by atoms with Crippen molar-refractivity contribution in [3.8, 4) is 12.3 Å². The molecule has 2 amide bonds. The molecule has 8 heteroatoms. The highest BCUT2D eigenvalue weighted by atomic mass is 16.4. The molecular formula is C25H18N4O4. The number of hydrogen-bond donors (Lipinski definition) is 4. The summed E-state index contributed by atoms with van der Waals surface area (Å²) < 4.78 is 0. The Morgan fingerprint density at radius 2 is 1.97 bits per heavy atom. The summed E-state index contributed by atoms with van der Waals surface area (Å²) in [7, 11) is 0. The second-order valence-electron chi connectivity index (χ2n) is 7.70. The molecule has 5 rings (SSSR count). The maximum atomic E-state index is 13.5. The van der Waals surface area contributed by atoms with E-state index in [1.807, 2.05) is 6.92 Å². The van der Waals surface area contributed by atoms with Gasteiger partial charge in [0, 0.05) is 22.3 Å². The van der Waals surface area contributed by atoms with Gasteiger partial charge in [-0.2, -0.15) is 0 Å². The van der Waals surface area contributed by atoms with Gasteiger partial charge in [-0.3, -0.25) is 15.0 Å². The van der Waals surface area contributed by atoms with Crippen molar-refractivity contribution in [2.75, 3.05) is 10.2 Å². The lowest BCUT2D eigenvalue weighted by Gasteiger charge is -2.35. The molecule has 4 N–H and O–H groups in total. The summed E-state index contributed by atoms with van der Waals surface area (Å²) in [5.41, 5.74) is 2.16. The van der Waals surface area contributed by atoms with Crippen molar-refractivity contribution in [3.05, 3.63) is 88.5 Å². The molecule has 1 aromatic heterocycles. The van der Waals surface area contributed by atoms with Crippen LogP contribution in [-0.4, -0.2) is 32.2 Å². The van der Waals surface area contributed by atoms with Gasteiger partial charge in [-0.25, -0.2) is 9.78 Å². The molecule has 33 heavy (non-hydrogen) atoms. The number of hydrogen-bond acceptors (Lipinski definition) is 4. The number of carbonyl (C=O) groups excluding carboxylic acids is 1. The van der Waals surface area contributed by atoms with E-state index in [4.69, 9.17) is 11.5 Å². The molecule has 162 valence electrons. The fourth-order valence-corrected chi connectivity index (χ4v) is 4.33. The number of anilines is 2. The molecule has 0 fully saturated rings. The maximum Gasteiger partial charge on any atom is 0.411 e. The average Bonchev–Trinajstić information content (AvgIpc) is 3.30. The maximum absolute atomic E-state index is 13.5. The number of aromatic nitrogens is 2. The molecule has 1 aliphatic rings. The minimum absolute atomic E-state index is 0.0546. The van der Waals surface area contributed by atoms with Crippen LogP contribution in [0.3, 0.4) is 0 Å². The third-order valence-corrected chi connectivity index (χ3v) is 5.87. The fourth-order valence-electron chi connectivity index (χ4n) is 4.33. The van der Waals surface area contributed by atoms with E-state index in [-0.39, 0.29) is 11.9 Å². The molecule has 1 atom stereocenters. The largest absolute Gasteiger partial charge is 0.465 e. The van der Waals surface area contributed by atoms with Gasteiger partial charge < -0.3 is 15.2 Å². The third kappa shape index (κ3) is 2.95. The summed E-state index contributed by atoms with van der Waals surface area (Å²) in [5, 5.41) is 23.3. The van der Waals surface area contributed by atoms with Gasteiger partial charge in [-0.05, 0) is 42.8 Å². The summed E-state index contributed by atoms with van der Waals surface area (Å²) in [6.45, 7) is 1.81. The Kier molecular flexibility index (Phi) is 4.44. The summed E-state index contributed by atoms with van der Waals surface area (Å²) in [6, 6.07) is 17.1. The lowest BCUT2D eigenvalue weighted by atomic mass is 9.92. The van der Waals surface area contributed by atoms with Crippen molar-refractivity contribution >= 4 is 34.7 Å². The van der Waals surface area contributed by atoms with Crippen LogP contribution in [0.4, 0.5) is 16.4 Å². The number of benzene rings is 3. The zero-order chi connectivity index (χ0) is 23.3. The standard InChI is InChI=1S/C25H18N4O4/c1-3-15-7-6-10-21(14(15)2)29-22(30)17-8-4-5-9-18(17)25(29,33)16-11-12-19-20(13-16)27-23(26-19)28-24(31)32/h1,4-13,33H,2H3,(H,31,32)(H2,26,27,28). The number of aromatic amines is 1. The molecule has 1 unspecified atom stereocenters. The zero-order valence-electron chi connectivity index (χ0n) is 17.5. The van der Waals surface area contributed by atoms with Gasteiger partial charge in [0.05, 0.1) is 16.7 Å². The molecule has 8 nitrogen and oxygen atoms in total. The van der Waals surface area contributed by atoms with Crippen LogP contribution in [-0.2, 0) is 5.72 Å². The van der Waals surface area contributed by atoms with E-state index >= 15 is 0 Å². The van der Waals surface area contributed by atoms with Crippen molar-refractivity contribution in [3.63, 3.8) is 0 Å². The Balaban J connectivity index is 1.74. The zero-order valence-corrected chi connectivity index (χ0v) is 17.5. The Bertz CT molecular complexity index is 1500. The number of terminal acetylenes is 1. The van der Waals surface area contributed by atoms with Crippen molar-refractivity contribution in [1.29, 1.82) is 0 Å². The Morgan fingerprint density at radius 3 is 2.73 bits per heavy atom. The van der Waals surface area contributed by atoms with E-state index in [9.17, 15) is 14.7 Å². The van der Waals surface area contributed by atoms with Gasteiger partial charge in [0.1, 0.15) is 0 Å². The predicted molar refractivity (Wildman–Crippen MR) is 123 cm³/mol. The van der Waals surface area contributed by atoms with Crippen LogP contribution in [0.25, 0.3) is 11.0 Å². The van der Waals surface area contributed by atoms with E-state index in [0.717, 1.165) is 0 Å². The Hall–Kier alpha value is -4.61. The Labute approximate surface area is 188 Å². The van der Waals surface area contributed by atoms with Crippen molar-refractivity contribution in [2.45, 2.75) is 12.6 Å². The van der Waals surface area contributed by atoms with Gasteiger partial charge in [0.15, 0.2) is 5.72 Å². The first-order chi connectivity index (χ1) is 15.8. The monoisotopic (exact) mass is 438 g/mol. The van der Waals surface area contributed by atoms with Gasteiger partial charge in [-0.15, -0.1) is 6.42 Å². The summed E-state index contributed by atoms with van der Waals surface area (Å²) in [4.78, 5) is 33.0. The number of aliphatic hydroxyl groups is 1.